The standard InChI is InChI=1S/C31H43FO2/c1-3-5-7-8-10-12-25-15-22-29(30(32)23-25)26-18-20-28(21-19-26)34-31(33)27-16-13-24(14-17-27)11-9-6-4-2/h15,18-24,27H,3-14,16-17H2,1-2H3. The van der Waals surface area contributed by atoms with E-state index in [2.05, 4.69) is 13.8 Å². The van der Waals surface area contributed by atoms with Gasteiger partial charge >= 0.3 is 5.97 Å². The highest BCUT2D eigenvalue weighted by atomic mass is 19.1. The molecule has 0 spiro atoms. The minimum atomic E-state index is -0.188. The fraction of sp³-hybridized carbons (Fsp3) is 0.581. The number of hydrogen-bond donors (Lipinski definition) is 0. The lowest BCUT2D eigenvalue weighted by molar-refractivity contribution is -0.140. The first-order valence-corrected chi connectivity index (χ1v) is 13.7. The third kappa shape index (κ3) is 8.25. The predicted molar refractivity (Wildman–Crippen MR) is 140 cm³/mol. The van der Waals surface area contributed by atoms with E-state index in [1.807, 2.05) is 24.3 Å². The molecule has 3 heteroatoms. The van der Waals surface area contributed by atoms with Gasteiger partial charge in [0.2, 0.25) is 0 Å². The van der Waals surface area contributed by atoms with E-state index in [4.69, 9.17) is 4.74 Å². The van der Waals surface area contributed by atoms with E-state index in [-0.39, 0.29) is 17.7 Å². The first-order valence-electron chi connectivity index (χ1n) is 13.7. The number of ether oxygens (including phenoxy) is 1. The Balaban J connectivity index is 1.48. The third-order valence-corrected chi connectivity index (χ3v) is 7.38. The molecule has 1 saturated carbocycles. The summed E-state index contributed by atoms with van der Waals surface area (Å²) in [5, 5.41) is 0. The number of unbranched alkanes of at least 4 members (excludes halogenated alkanes) is 6. The number of rotatable bonds is 13. The maximum atomic E-state index is 14.8. The normalized spacial score (nSPS) is 18.1. The van der Waals surface area contributed by atoms with Gasteiger partial charge in [0.1, 0.15) is 11.6 Å². The molecule has 0 amide bonds. The van der Waals surface area contributed by atoms with Crippen molar-refractivity contribution in [2.75, 3.05) is 0 Å². The van der Waals surface area contributed by atoms with Crippen molar-refractivity contribution in [1.82, 2.24) is 0 Å². The van der Waals surface area contributed by atoms with Crippen molar-refractivity contribution < 1.29 is 13.9 Å². The summed E-state index contributed by atoms with van der Waals surface area (Å²) in [5.74, 6) is 1.02. The molecule has 0 heterocycles. The van der Waals surface area contributed by atoms with Crippen molar-refractivity contribution in [2.24, 2.45) is 11.8 Å². The highest BCUT2D eigenvalue weighted by Gasteiger charge is 2.27. The van der Waals surface area contributed by atoms with Crippen LogP contribution in [0.15, 0.2) is 42.5 Å². The summed E-state index contributed by atoms with van der Waals surface area (Å²) in [5.41, 5.74) is 2.46. The van der Waals surface area contributed by atoms with Crippen LogP contribution in [0.5, 0.6) is 5.75 Å². The quantitative estimate of drug-likeness (QED) is 0.167. The molecule has 2 nitrogen and oxygen atoms in total. The number of benzene rings is 2. The molecule has 34 heavy (non-hydrogen) atoms. The molecule has 0 aliphatic heterocycles. The van der Waals surface area contributed by atoms with Gasteiger partial charge < -0.3 is 4.74 Å². The summed E-state index contributed by atoms with van der Waals surface area (Å²) in [6.45, 7) is 4.45. The summed E-state index contributed by atoms with van der Waals surface area (Å²) in [7, 11) is 0. The molecular formula is C31H43FO2. The number of aryl methyl sites for hydroxylation is 1. The molecule has 0 bridgehead atoms. The van der Waals surface area contributed by atoms with Crippen LogP contribution in [0.4, 0.5) is 4.39 Å². The van der Waals surface area contributed by atoms with E-state index in [0.29, 0.717) is 11.3 Å². The van der Waals surface area contributed by atoms with E-state index in [0.717, 1.165) is 55.6 Å². The number of esters is 1. The smallest absolute Gasteiger partial charge is 0.314 e. The van der Waals surface area contributed by atoms with Crippen LogP contribution < -0.4 is 4.74 Å². The average Bonchev–Trinajstić information content (AvgIpc) is 2.85. The molecule has 1 aliphatic carbocycles. The van der Waals surface area contributed by atoms with Crippen LogP contribution in [0.25, 0.3) is 11.1 Å². The van der Waals surface area contributed by atoms with Gasteiger partial charge in [0, 0.05) is 5.56 Å². The summed E-state index contributed by atoms with van der Waals surface area (Å²) in [6, 6.07) is 12.8. The van der Waals surface area contributed by atoms with Gasteiger partial charge in [0.25, 0.3) is 0 Å². The Morgan fingerprint density at radius 1 is 0.853 bits per heavy atom. The molecule has 0 N–H and O–H groups in total. The van der Waals surface area contributed by atoms with Crippen LogP contribution in [0, 0.1) is 17.7 Å². The Bertz CT molecular complexity index is 866. The van der Waals surface area contributed by atoms with Crippen molar-refractivity contribution in [3.8, 4) is 16.9 Å². The third-order valence-electron chi connectivity index (χ3n) is 7.38. The second-order valence-corrected chi connectivity index (χ2v) is 10.1. The maximum Gasteiger partial charge on any atom is 0.314 e. The first-order chi connectivity index (χ1) is 16.6. The number of carbonyl (C=O) groups excluding carboxylic acids is 1. The predicted octanol–water partition coefficient (Wildman–Crippen LogP) is 9.30. The van der Waals surface area contributed by atoms with E-state index in [9.17, 15) is 9.18 Å². The molecule has 2 aromatic rings. The van der Waals surface area contributed by atoms with Gasteiger partial charge in [-0.15, -0.1) is 0 Å². The van der Waals surface area contributed by atoms with Crippen LogP contribution in [0.3, 0.4) is 0 Å². The topological polar surface area (TPSA) is 26.3 Å². The first kappa shape index (κ1) is 26.4. The van der Waals surface area contributed by atoms with Gasteiger partial charge in [-0.05, 0) is 73.8 Å². The van der Waals surface area contributed by atoms with Crippen LogP contribution in [0.1, 0.15) is 103 Å². The zero-order valence-corrected chi connectivity index (χ0v) is 21.3. The maximum absolute atomic E-state index is 14.8. The molecule has 0 atom stereocenters. The van der Waals surface area contributed by atoms with Gasteiger partial charge in [0.05, 0.1) is 5.92 Å². The van der Waals surface area contributed by atoms with Crippen LogP contribution in [-0.2, 0) is 11.2 Å². The summed E-state index contributed by atoms with van der Waals surface area (Å²) >= 11 is 0. The number of carbonyl (C=O) groups is 1. The van der Waals surface area contributed by atoms with Gasteiger partial charge in [-0.25, -0.2) is 4.39 Å². The lowest BCUT2D eigenvalue weighted by atomic mass is 9.80. The largest absolute Gasteiger partial charge is 0.426 e. The Labute approximate surface area is 206 Å². The van der Waals surface area contributed by atoms with E-state index in [1.54, 1.807) is 18.2 Å². The minimum Gasteiger partial charge on any atom is -0.426 e. The fourth-order valence-corrected chi connectivity index (χ4v) is 5.15. The highest BCUT2D eigenvalue weighted by Crippen LogP contribution is 2.33. The Morgan fingerprint density at radius 3 is 2.21 bits per heavy atom. The molecule has 0 unspecified atom stereocenters. The van der Waals surface area contributed by atoms with Crippen LogP contribution >= 0.6 is 0 Å². The Kier molecular flexibility index (Phi) is 11.1. The fourth-order valence-electron chi connectivity index (χ4n) is 5.15. The SMILES string of the molecule is CCCCCCCc1ccc(-c2ccc(OC(=O)C3CCC(CCCCC)CC3)cc2)c(F)c1. The molecule has 0 radical (unpaired) electrons. The zero-order chi connectivity index (χ0) is 24.2. The molecule has 186 valence electrons. The van der Waals surface area contributed by atoms with Gasteiger partial charge in [-0.3, -0.25) is 4.79 Å². The average molecular weight is 467 g/mol. The van der Waals surface area contributed by atoms with Crippen molar-refractivity contribution in [1.29, 1.82) is 0 Å². The van der Waals surface area contributed by atoms with E-state index < -0.39 is 0 Å². The number of halogens is 1. The second-order valence-electron chi connectivity index (χ2n) is 10.1. The molecule has 3 rings (SSSR count). The van der Waals surface area contributed by atoms with E-state index in [1.165, 1.54) is 51.4 Å². The van der Waals surface area contributed by atoms with Crippen LogP contribution in [0.2, 0.25) is 0 Å². The summed E-state index contributed by atoms with van der Waals surface area (Å²) in [4.78, 5) is 12.6. The summed E-state index contributed by atoms with van der Waals surface area (Å²) in [6.07, 6.45) is 16.3. The van der Waals surface area contributed by atoms with Crippen molar-refractivity contribution in [3.05, 3.63) is 53.8 Å². The Hall–Kier alpha value is -2.16. The lowest BCUT2D eigenvalue weighted by Gasteiger charge is -2.27. The molecule has 2 aromatic carbocycles. The molecular weight excluding hydrogens is 423 g/mol. The lowest BCUT2D eigenvalue weighted by Crippen LogP contribution is -2.25. The molecule has 1 fully saturated rings. The highest BCUT2D eigenvalue weighted by molar-refractivity contribution is 5.75. The Morgan fingerprint density at radius 2 is 1.53 bits per heavy atom. The monoisotopic (exact) mass is 466 g/mol. The molecule has 0 saturated heterocycles. The second kappa shape index (κ2) is 14.3. The van der Waals surface area contributed by atoms with Gasteiger partial charge in [0.15, 0.2) is 0 Å². The minimum absolute atomic E-state index is 0.00839. The molecule has 1 aliphatic rings. The van der Waals surface area contributed by atoms with E-state index >= 15 is 0 Å². The van der Waals surface area contributed by atoms with Crippen LogP contribution in [-0.4, -0.2) is 5.97 Å². The van der Waals surface area contributed by atoms with Gasteiger partial charge in [-0.2, -0.15) is 0 Å². The molecule has 0 aromatic heterocycles. The number of hydrogen-bond acceptors (Lipinski definition) is 2. The zero-order valence-electron chi connectivity index (χ0n) is 21.3. The van der Waals surface area contributed by atoms with Gasteiger partial charge in [-0.1, -0.05) is 89.5 Å². The van der Waals surface area contributed by atoms with Crippen molar-refractivity contribution in [2.45, 2.75) is 104 Å². The van der Waals surface area contributed by atoms with Crippen molar-refractivity contribution >= 4 is 5.97 Å². The van der Waals surface area contributed by atoms with Crippen molar-refractivity contribution in [3.63, 3.8) is 0 Å². The summed E-state index contributed by atoms with van der Waals surface area (Å²) < 4.78 is 20.4.